The van der Waals surface area contributed by atoms with Gasteiger partial charge in [0.2, 0.25) is 5.91 Å². The van der Waals surface area contributed by atoms with Gasteiger partial charge in [-0.1, -0.05) is 12.2 Å². The van der Waals surface area contributed by atoms with Crippen LogP contribution in [0.4, 0.5) is 0 Å². The Hall–Kier alpha value is -1.65. The molecule has 0 saturated carbocycles. The Morgan fingerprint density at radius 2 is 2.18 bits per heavy atom. The first kappa shape index (κ1) is 14.0. The molecule has 2 aliphatic heterocycles. The zero-order valence-corrected chi connectivity index (χ0v) is 13.1. The van der Waals surface area contributed by atoms with Crippen molar-refractivity contribution in [2.24, 2.45) is 5.92 Å². The normalized spacial score (nSPS) is 27.4. The molecule has 1 aliphatic carbocycles. The molecule has 0 unspecified atom stereocenters. The molecule has 4 rings (SSSR count). The first-order valence-electron chi connectivity index (χ1n) is 8.67. The highest BCUT2D eigenvalue weighted by Crippen LogP contribution is 2.29. The highest BCUT2D eigenvalue weighted by atomic mass is 16.2. The number of piperidine rings is 1. The van der Waals surface area contributed by atoms with Gasteiger partial charge in [0.05, 0.1) is 0 Å². The minimum absolute atomic E-state index is 0.322. The van der Waals surface area contributed by atoms with Gasteiger partial charge in [0, 0.05) is 38.4 Å². The summed E-state index contributed by atoms with van der Waals surface area (Å²) in [7, 11) is 0. The molecule has 0 radical (unpaired) electrons. The molecule has 1 amide bonds. The summed E-state index contributed by atoms with van der Waals surface area (Å²) in [5.74, 6) is 3.41. The number of hydrogen-bond donors (Lipinski definition) is 0. The predicted molar refractivity (Wildman–Crippen MR) is 83.4 cm³/mol. The topological polar surface area (TPSA) is 51.0 Å². The average Bonchev–Trinajstić information content (AvgIpc) is 3.25. The third kappa shape index (κ3) is 2.57. The number of rotatable bonds is 3. The molecule has 0 N–H and O–H groups in total. The Bertz CT molecular complexity index is 591. The lowest BCUT2D eigenvalue weighted by Gasteiger charge is -2.33. The second-order valence-electron chi connectivity index (χ2n) is 6.88. The van der Waals surface area contributed by atoms with Crippen molar-refractivity contribution in [1.29, 1.82) is 0 Å². The zero-order chi connectivity index (χ0) is 14.9. The number of hydrogen-bond acceptors (Lipinski definition) is 3. The van der Waals surface area contributed by atoms with Crippen molar-refractivity contribution in [3.8, 4) is 0 Å². The van der Waals surface area contributed by atoms with Crippen LogP contribution in [0.5, 0.6) is 0 Å². The number of amides is 1. The van der Waals surface area contributed by atoms with Crippen LogP contribution >= 0.6 is 0 Å². The van der Waals surface area contributed by atoms with Crippen LogP contribution in [0.2, 0.25) is 0 Å². The first-order valence-corrected chi connectivity index (χ1v) is 8.67. The lowest BCUT2D eigenvalue weighted by Crippen LogP contribution is -2.40. The molecule has 118 valence electrons. The van der Waals surface area contributed by atoms with Crippen molar-refractivity contribution in [2.45, 2.75) is 57.4 Å². The number of likely N-dealkylation sites (tertiary alicyclic amines) is 1. The van der Waals surface area contributed by atoms with Crippen molar-refractivity contribution in [3.05, 3.63) is 23.8 Å². The van der Waals surface area contributed by atoms with Crippen LogP contribution in [0.3, 0.4) is 0 Å². The fourth-order valence-corrected chi connectivity index (χ4v) is 4.11. The number of aromatic nitrogens is 3. The van der Waals surface area contributed by atoms with Crippen molar-refractivity contribution < 1.29 is 4.79 Å². The van der Waals surface area contributed by atoms with E-state index in [1.165, 1.54) is 6.42 Å². The van der Waals surface area contributed by atoms with Gasteiger partial charge in [0.1, 0.15) is 11.6 Å². The maximum Gasteiger partial charge on any atom is 0.223 e. The standard InChI is InChI=1S/C17H24N4O/c22-16(11-13-5-1-2-6-13)20-9-3-7-14(12-20)17-19-18-15-8-4-10-21(15)17/h1,5,13-14H,2-4,6-12H2/t13-,14+/m0/s1. The molecule has 1 aromatic rings. The van der Waals surface area contributed by atoms with E-state index in [9.17, 15) is 4.79 Å². The molecule has 1 saturated heterocycles. The van der Waals surface area contributed by atoms with Crippen molar-refractivity contribution in [1.82, 2.24) is 19.7 Å². The fourth-order valence-electron chi connectivity index (χ4n) is 4.11. The monoisotopic (exact) mass is 300 g/mol. The van der Waals surface area contributed by atoms with Gasteiger partial charge in [0.15, 0.2) is 0 Å². The van der Waals surface area contributed by atoms with E-state index in [4.69, 9.17) is 0 Å². The van der Waals surface area contributed by atoms with E-state index < -0.39 is 0 Å². The summed E-state index contributed by atoms with van der Waals surface area (Å²) in [6.45, 7) is 2.79. The summed E-state index contributed by atoms with van der Waals surface area (Å²) in [4.78, 5) is 14.6. The van der Waals surface area contributed by atoms with E-state index in [1.807, 2.05) is 0 Å². The summed E-state index contributed by atoms with van der Waals surface area (Å²) < 4.78 is 2.29. The van der Waals surface area contributed by atoms with E-state index in [2.05, 4.69) is 31.8 Å². The molecule has 5 heteroatoms. The molecule has 0 bridgehead atoms. The van der Waals surface area contributed by atoms with Gasteiger partial charge < -0.3 is 9.47 Å². The zero-order valence-electron chi connectivity index (χ0n) is 13.1. The minimum atomic E-state index is 0.322. The van der Waals surface area contributed by atoms with Crippen LogP contribution in [-0.4, -0.2) is 38.7 Å². The lowest BCUT2D eigenvalue weighted by atomic mass is 9.95. The number of carbonyl (C=O) groups excluding carboxylic acids is 1. The largest absolute Gasteiger partial charge is 0.342 e. The molecular formula is C17H24N4O. The SMILES string of the molecule is O=C(C[C@H]1C=CCC1)N1CCC[C@@H](c2nnc3n2CCC3)C1. The number of nitrogens with zero attached hydrogens (tertiary/aromatic N) is 4. The first-order chi connectivity index (χ1) is 10.8. The molecule has 0 aromatic carbocycles. The summed E-state index contributed by atoms with van der Waals surface area (Å²) in [6, 6.07) is 0. The minimum Gasteiger partial charge on any atom is -0.342 e. The number of carbonyl (C=O) groups is 1. The lowest BCUT2D eigenvalue weighted by molar-refractivity contribution is -0.133. The Balaban J connectivity index is 1.43. The average molecular weight is 300 g/mol. The van der Waals surface area contributed by atoms with Crippen LogP contribution in [0.25, 0.3) is 0 Å². The highest BCUT2D eigenvalue weighted by molar-refractivity contribution is 5.77. The summed E-state index contributed by atoms with van der Waals surface area (Å²) in [6.07, 6.45) is 11.8. The smallest absolute Gasteiger partial charge is 0.223 e. The molecule has 3 heterocycles. The Kier molecular flexibility index (Phi) is 3.72. The van der Waals surface area contributed by atoms with Crippen LogP contribution in [0.15, 0.2) is 12.2 Å². The van der Waals surface area contributed by atoms with Crippen LogP contribution in [0.1, 0.15) is 56.1 Å². The molecule has 5 nitrogen and oxygen atoms in total. The molecule has 1 aromatic heterocycles. The Morgan fingerprint density at radius 3 is 3.05 bits per heavy atom. The van der Waals surface area contributed by atoms with Crippen molar-refractivity contribution >= 4 is 5.91 Å². The number of aryl methyl sites for hydroxylation is 1. The molecular weight excluding hydrogens is 276 g/mol. The van der Waals surface area contributed by atoms with Gasteiger partial charge in [-0.3, -0.25) is 4.79 Å². The van der Waals surface area contributed by atoms with E-state index in [1.54, 1.807) is 0 Å². The van der Waals surface area contributed by atoms with Gasteiger partial charge in [-0.05, 0) is 38.0 Å². The van der Waals surface area contributed by atoms with E-state index in [0.29, 0.717) is 24.2 Å². The van der Waals surface area contributed by atoms with Crippen molar-refractivity contribution in [3.63, 3.8) is 0 Å². The van der Waals surface area contributed by atoms with Crippen LogP contribution < -0.4 is 0 Å². The van der Waals surface area contributed by atoms with Crippen LogP contribution in [0, 0.1) is 5.92 Å². The second-order valence-corrected chi connectivity index (χ2v) is 6.88. The summed E-state index contributed by atoms with van der Waals surface area (Å²) in [5, 5.41) is 8.75. The quantitative estimate of drug-likeness (QED) is 0.805. The predicted octanol–water partition coefficient (Wildman–Crippen LogP) is 2.29. The van der Waals surface area contributed by atoms with Gasteiger partial charge >= 0.3 is 0 Å². The van der Waals surface area contributed by atoms with Gasteiger partial charge in [-0.15, -0.1) is 10.2 Å². The second kappa shape index (κ2) is 5.86. The van der Waals surface area contributed by atoms with Gasteiger partial charge in [0.25, 0.3) is 0 Å². The maximum atomic E-state index is 12.6. The third-order valence-electron chi connectivity index (χ3n) is 5.33. The van der Waals surface area contributed by atoms with E-state index >= 15 is 0 Å². The fraction of sp³-hybridized carbons (Fsp3) is 0.706. The van der Waals surface area contributed by atoms with Crippen molar-refractivity contribution in [2.75, 3.05) is 13.1 Å². The third-order valence-corrected chi connectivity index (χ3v) is 5.33. The van der Waals surface area contributed by atoms with E-state index in [0.717, 1.165) is 63.4 Å². The molecule has 3 aliphatic rings. The molecule has 0 spiro atoms. The summed E-state index contributed by atoms with van der Waals surface area (Å²) >= 11 is 0. The van der Waals surface area contributed by atoms with Crippen LogP contribution in [-0.2, 0) is 17.8 Å². The maximum absolute atomic E-state index is 12.6. The molecule has 1 fully saturated rings. The summed E-state index contributed by atoms with van der Waals surface area (Å²) in [5.41, 5.74) is 0. The number of allylic oxidation sites excluding steroid dienone is 2. The van der Waals surface area contributed by atoms with E-state index in [-0.39, 0.29) is 0 Å². The molecule has 2 atom stereocenters. The Morgan fingerprint density at radius 1 is 1.23 bits per heavy atom. The number of fused-ring (bicyclic) bond motifs is 1. The van der Waals surface area contributed by atoms with Gasteiger partial charge in [-0.25, -0.2) is 0 Å². The Labute approximate surface area is 131 Å². The highest BCUT2D eigenvalue weighted by Gasteiger charge is 2.30. The molecule has 22 heavy (non-hydrogen) atoms. The van der Waals surface area contributed by atoms with Gasteiger partial charge in [-0.2, -0.15) is 0 Å².